The minimum Gasteiger partial charge on any atom is -0.382 e. The van der Waals surface area contributed by atoms with E-state index >= 15 is 0 Å². The van der Waals surface area contributed by atoms with Gasteiger partial charge in [-0.05, 0) is 18.9 Å². The predicted octanol–water partition coefficient (Wildman–Crippen LogP) is 3.41. The standard InChI is InChI=1S/C19H20Cl2N8S/c20-11-7-27-29-10-19(17(22)16(11)29)2-5-28(6-3-19)13-8-26-14(9-25-13)30-12-1-4-24-18(23)15(12)21/h1,4,7-9,17H,2-3,5-6,10,22H2,(H2,23,24)/t17-/m1/s1. The smallest absolute Gasteiger partial charge is 0.147 e. The summed E-state index contributed by atoms with van der Waals surface area (Å²) < 4.78 is 1.96. The van der Waals surface area contributed by atoms with Crippen molar-refractivity contribution in [3.05, 3.63) is 46.6 Å². The minimum absolute atomic E-state index is 0.00494. The Balaban J connectivity index is 1.25. The fourth-order valence-electron chi connectivity index (χ4n) is 4.30. The molecule has 1 fully saturated rings. The molecule has 156 valence electrons. The summed E-state index contributed by atoms with van der Waals surface area (Å²) in [6.45, 7) is 2.55. The van der Waals surface area contributed by atoms with Gasteiger partial charge in [-0.2, -0.15) is 5.10 Å². The quantitative estimate of drug-likeness (QED) is 0.608. The lowest BCUT2D eigenvalue weighted by Gasteiger charge is -2.41. The Bertz CT molecular complexity index is 1080. The van der Waals surface area contributed by atoms with E-state index in [2.05, 4.69) is 25.0 Å². The van der Waals surface area contributed by atoms with Crippen molar-refractivity contribution >= 4 is 46.6 Å². The summed E-state index contributed by atoms with van der Waals surface area (Å²) in [4.78, 5) is 16.2. The van der Waals surface area contributed by atoms with Gasteiger partial charge < -0.3 is 16.4 Å². The van der Waals surface area contributed by atoms with Crippen LogP contribution in [-0.2, 0) is 6.54 Å². The molecule has 5 heterocycles. The zero-order valence-electron chi connectivity index (χ0n) is 16.0. The first-order valence-corrected chi connectivity index (χ1v) is 11.2. The molecular weight excluding hydrogens is 443 g/mol. The number of nitrogens with two attached hydrogens (primary N) is 2. The number of fused-ring (bicyclic) bond motifs is 1. The Morgan fingerprint density at radius 3 is 2.60 bits per heavy atom. The second-order valence-corrected chi connectivity index (χ2v) is 9.53. The molecule has 1 spiro atoms. The van der Waals surface area contributed by atoms with Gasteiger partial charge in [0.25, 0.3) is 0 Å². The van der Waals surface area contributed by atoms with Crippen molar-refractivity contribution in [2.75, 3.05) is 23.7 Å². The monoisotopic (exact) mass is 462 g/mol. The molecule has 0 amide bonds. The molecule has 0 saturated carbocycles. The molecular formula is C19H20Cl2N8S. The minimum atomic E-state index is -0.0861. The van der Waals surface area contributed by atoms with Gasteiger partial charge in [0, 0.05) is 36.1 Å². The Hall–Kier alpha value is -2.07. The van der Waals surface area contributed by atoms with Crippen molar-refractivity contribution in [2.24, 2.45) is 11.1 Å². The SMILES string of the molecule is Nc1nccc(Sc2cnc(N3CCC4(CC3)Cn3ncc(Cl)c3[C@H]4N)cn2)c1Cl. The number of rotatable bonds is 3. The molecule has 3 aromatic heterocycles. The molecule has 4 N–H and O–H groups in total. The van der Waals surface area contributed by atoms with Crippen LogP contribution in [0.3, 0.4) is 0 Å². The van der Waals surface area contributed by atoms with E-state index < -0.39 is 0 Å². The Morgan fingerprint density at radius 1 is 1.10 bits per heavy atom. The van der Waals surface area contributed by atoms with E-state index in [1.807, 2.05) is 10.7 Å². The number of piperidine rings is 1. The summed E-state index contributed by atoms with van der Waals surface area (Å²) in [5, 5.41) is 6.22. The highest BCUT2D eigenvalue weighted by Gasteiger charge is 2.48. The average Bonchev–Trinajstić information content (AvgIpc) is 3.24. The highest BCUT2D eigenvalue weighted by atomic mass is 35.5. The number of nitrogens with zero attached hydrogens (tertiary/aromatic N) is 6. The summed E-state index contributed by atoms with van der Waals surface area (Å²) in [7, 11) is 0. The average molecular weight is 463 g/mol. The van der Waals surface area contributed by atoms with Crippen molar-refractivity contribution in [3.63, 3.8) is 0 Å². The number of aromatic nitrogens is 5. The van der Waals surface area contributed by atoms with Gasteiger partial charge in [0.1, 0.15) is 16.7 Å². The molecule has 8 nitrogen and oxygen atoms in total. The van der Waals surface area contributed by atoms with Crippen LogP contribution in [0.15, 0.2) is 40.8 Å². The Labute approximate surface area is 188 Å². The van der Waals surface area contributed by atoms with Gasteiger partial charge in [-0.1, -0.05) is 35.0 Å². The zero-order chi connectivity index (χ0) is 20.9. The zero-order valence-corrected chi connectivity index (χ0v) is 18.3. The Kier molecular flexibility index (Phi) is 5.01. The van der Waals surface area contributed by atoms with Gasteiger partial charge in [-0.15, -0.1) is 0 Å². The lowest BCUT2D eigenvalue weighted by molar-refractivity contribution is 0.170. The van der Waals surface area contributed by atoms with Gasteiger partial charge >= 0.3 is 0 Å². The van der Waals surface area contributed by atoms with Gasteiger partial charge in [0.05, 0.1) is 40.4 Å². The number of hydrogen-bond acceptors (Lipinski definition) is 8. The van der Waals surface area contributed by atoms with Crippen molar-refractivity contribution in [3.8, 4) is 0 Å². The first kappa shape index (κ1) is 19.9. The maximum absolute atomic E-state index is 6.58. The van der Waals surface area contributed by atoms with Gasteiger partial charge in [-0.25, -0.2) is 15.0 Å². The third kappa shape index (κ3) is 3.30. The largest absolute Gasteiger partial charge is 0.382 e. The van der Waals surface area contributed by atoms with Gasteiger partial charge in [0.15, 0.2) is 0 Å². The molecule has 1 saturated heterocycles. The number of pyridine rings is 1. The molecule has 1 atom stereocenters. The highest BCUT2D eigenvalue weighted by Crippen LogP contribution is 2.49. The van der Waals surface area contributed by atoms with Crippen LogP contribution in [0.2, 0.25) is 10.0 Å². The number of anilines is 2. The molecule has 3 aromatic rings. The molecule has 0 bridgehead atoms. The maximum Gasteiger partial charge on any atom is 0.147 e. The van der Waals surface area contributed by atoms with E-state index in [0.29, 0.717) is 15.9 Å². The van der Waals surface area contributed by atoms with E-state index in [4.69, 9.17) is 34.7 Å². The van der Waals surface area contributed by atoms with E-state index in [0.717, 1.165) is 53.9 Å². The van der Waals surface area contributed by atoms with Gasteiger partial charge in [-0.3, -0.25) is 4.68 Å². The first-order chi connectivity index (χ1) is 14.5. The van der Waals surface area contributed by atoms with Crippen molar-refractivity contribution in [1.82, 2.24) is 24.7 Å². The molecule has 0 aromatic carbocycles. The molecule has 0 unspecified atom stereocenters. The fraction of sp³-hybridized carbons (Fsp3) is 0.368. The van der Waals surface area contributed by atoms with Crippen LogP contribution in [0.5, 0.6) is 0 Å². The molecule has 5 rings (SSSR count). The van der Waals surface area contributed by atoms with Crippen LogP contribution >= 0.6 is 35.0 Å². The van der Waals surface area contributed by atoms with Crippen LogP contribution in [0.4, 0.5) is 11.6 Å². The summed E-state index contributed by atoms with van der Waals surface area (Å²) in [5.41, 5.74) is 13.3. The normalized spacial score (nSPS) is 20.0. The molecule has 0 aliphatic carbocycles. The second-order valence-electron chi connectivity index (χ2n) is 7.69. The lowest BCUT2D eigenvalue weighted by atomic mass is 9.73. The maximum atomic E-state index is 6.58. The van der Waals surface area contributed by atoms with Crippen LogP contribution in [-0.4, -0.2) is 37.8 Å². The fourth-order valence-corrected chi connectivity index (χ4v) is 5.55. The lowest BCUT2D eigenvalue weighted by Crippen LogP contribution is -2.45. The molecule has 11 heteroatoms. The van der Waals surface area contributed by atoms with E-state index in [-0.39, 0.29) is 11.5 Å². The van der Waals surface area contributed by atoms with Crippen molar-refractivity contribution in [1.29, 1.82) is 0 Å². The van der Waals surface area contributed by atoms with Crippen molar-refractivity contribution in [2.45, 2.75) is 35.3 Å². The molecule has 0 radical (unpaired) electrons. The third-order valence-electron chi connectivity index (χ3n) is 6.05. The second kappa shape index (κ2) is 7.56. The summed E-state index contributed by atoms with van der Waals surface area (Å²) in [5.74, 6) is 1.17. The van der Waals surface area contributed by atoms with Crippen LogP contribution < -0.4 is 16.4 Å². The third-order valence-corrected chi connectivity index (χ3v) is 7.83. The summed E-state index contributed by atoms with van der Waals surface area (Å²) in [6.07, 6.45) is 8.78. The predicted molar refractivity (Wildman–Crippen MR) is 118 cm³/mol. The number of hydrogen-bond donors (Lipinski definition) is 2. The first-order valence-electron chi connectivity index (χ1n) is 9.58. The Morgan fingerprint density at radius 2 is 1.90 bits per heavy atom. The summed E-state index contributed by atoms with van der Waals surface area (Å²) in [6, 6.07) is 1.72. The van der Waals surface area contributed by atoms with E-state index in [9.17, 15) is 0 Å². The van der Waals surface area contributed by atoms with Crippen LogP contribution in [0.1, 0.15) is 24.6 Å². The van der Waals surface area contributed by atoms with Gasteiger partial charge in [0.2, 0.25) is 0 Å². The molecule has 2 aliphatic rings. The number of halogens is 2. The van der Waals surface area contributed by atoms with Crippen molar-refractivity contribution < 1.29 is 0 Å². The molecule has 2 aliphatic heterocycles. The van der Waals surface area contributed by atoms with E-state index in [1.54, 1.807) is 24.8 Å². The van der Waals surface area contributed by atoms with Crippen LogP contribution in [0, 0.1) is 5.41 Å². The van der Waals surface area contributed by atoms with E-state index in [1.165, 1.54) is 11.8 Å². The van der Waals surface area contributed by atoms with Crippen LogP contribution in [0.25, 0.3) is 0 Å². The molecule has 30 heavy (non-hydrogen) atoms. The highest BCUT2D eigenvalue weighted by molar-refractivity contribution is 7.99. The topological polar surface area (TPSA) is 112 Å². The summed E-state index contributed by atoms with van der Waals surface area (Å²) >= 11 is 13.9. The number of nitrogen functional groups attached to an aromatic ring is 1.